The predicted octanol–water partition coefficient (Wildman–Crippen LogP) is 0.892. The predicted molar refractivity (Wildman–Crippen MR) is 70.2 cm³/mol. The van der Waals surface area contributed by atoms with Gasteiger partial charge in [-0.15, -0.1) is 0 Å². The highest BCUT2D eigenvalue weighted by molar-refractivity contribution is 5.95. The molecular weight excluding hydrogens is 280 g/mol. The summed E-state index contributed by atoms with van der Waals surface area (Å²) in [5.74, 6) is -1.55. The van der Waals surface area contributed by atoms with Crippen molar-refractivity contribution in [1.29, 1.82) is 0 Å². The van der Waals surface area contributed by atoms with Crippen LogP contribution in [0.2, 0.25) is 0 Å². The molecule has 0 radical (unpaired) electrons. The lowest BCUT2D eigenvalue weighted by Gasteiger charge is -2.33. The van der Waals surface area contributed by atoms with E-state index in [-0.39, 0.29) is 17.2 Å². The molecule has 1 aromatic heterocycles. The fourth-order valence-electron chi connectivity index (χ4n) is 2.02. The SMILES string of the molecule is CCOC(=O)N1CCN(C(=O)c2cc(C(=O)O)co2)CC1. The van der Waals surface area contributed by atoms with Crippen LogP contribution in [-0.2, 0) is 4.74 Å². The molecule has 0 aromatic carbocycles. The van der Waals surface area contributed by atoms with Crippen molar-refractivity contribution < 1.29 is 28.6 Å². The Balaban J connectivity index is 1.93. The van der Waals surface area contributed by atoms with E-state index in [2.05, 4.69) is 0 Å². The lowest BCUT2D eigenvalue weighted by molar-refractivity contribution is 0.0546. The van der Waals surface area contributed by atoms with E-state index in [1.807, 2.05) is 0 Å². The Morgan fingerprint density at radius 2 is 1.86 bits per heavy atom. The number of nitrogens with zero attached hydrogens (tertiary/aromatic N) is 2. The summed E-state index contributed by atoms with van der Waals surface area (Å²) in [4.78, 5) is 37.5. The fraction of sp³-hybridized carbons (Fsp3) is 0.462. The third-order valence-corrected chi connectivity index (χ3v) is 3.15. The number of amides is 2. The molecule has 21 heavy (non-hydrogen) atoms. The van der Waals surface area contributed by atoms with Crippen LogP contribution >= 0.6 is 0 Å². The van der Waals surface area contributed by atoms with Gasteiger partial charge in [0.2, 0.25) is 0 Å². The molecule has 2 rings (SSSR count). The number of carboxylic acids is 1. The second-order valence-corrected chi connectivity index (χ2v) is 4.48. The number of ether oxygens (including phenoxy) is 1. The molecule has 114 valence electrons. The Hall–Kier alpha value is -2.51. The van der Waals surface area contributed by atoms with E-state index < -0.39 is 12.1 Å². The maximum atomic E-state index is 12.1. The molecule has 1 aromatic rings. The van der Waals surface area contributed by atoms with Gasteiger partial charge in [0.25, 0.3) is 5.91 Å². The highest BCUT2D eigenvalue weighted by Crippen LogP contribution is 2.13. The average molecular weight is 296 g/mol. The zero-order valence-corrected chi connectivity index (χ0v) is 11.6. The Morgan fingerprint density at radius 3 is 2.38 bits per heavy atom. The Morgan fingerprint density at radius 1 is 1.24 bits per heavy atom. The number of aromatic carboxylic acids is 1. The van der Waals surface area contributed by atoms with Crippen molar-refractivity contribution >= 4 is 18.0 Å². The second-order valence-electron chi connectivity index (χ2n) is 4.48. The minimum atomic E-state index is -1.15. The zero-order chi connectivity index (χ0) is 15.4. The standard InChI is InChI=1S/C13H16N2O6/c1-2-20-13(19)15-5-3-14(4-6-15)11(16)10-7-9(8-21-10)12(17)18/h7-8H,2-6H2,1H3,(H,17,18). The molecule has 1 fully saturated rings. The maximum Gasteiger partial charge on any atom is 0.409 e. The number of hydrogen-bond acceptors (Lipinski definition) is 5. The first kappa shape index (κ1) is 14.9. The van der Waals surface area contributed by atoms with E-state index in [9.17, 15) is 14.4 Å². The molecule has 0 aliphatic carbocycles. The van der Waals surface area contributed by atoms with Gasteiger partial charge in [0.15, 0.2) is 5.76 Å². The smallest absolute Gasteiger partial charge is 0.409 e. The van der Waals surface area contributed by atoms with Crippen molar-refractivity contribution in [3.05, 3.63) is 23.7 Å². The van der Waals surface area contributed by atoms with Crippen LogP contribution in [0, 0.1) is 0 Å². The fourth-order valence-corrected chi connectivity index (χ4v) is 2.02. The number of carboxylic acid groups (broad SMARTS) is 1. The highest BCUT2D eigenvalue weighted by atomic mass is 16.6. The van der Waals surface area contributed by atoms with Gasteiger partial charge in [-0.3, -0.25) is 4.79 Å². The molecule has 2 heterocycles. The van der Waals surface area contributed by atoms with Crippen LogP contribution in [-0.4, -0.2) is 65.7 Å². The topological polar surface area (TPSA) is 100 Å². The van der Waals surface area contributed by atoms with Crippen molar-refractivity contribution in [3.8, 4) is 0 Å². The van der Waals surface area contributed by atoms with Crippen LogP contribution in [0.3, 0.4) is 0 Å². The number of furan rings is 1. The number of hydrogen-bond donors (Lipinski definition) is 1. The van der Waals surface area contributed by atoms with Crippen molar-refractivity contribution in [2.75, 3.05) is 32.8 Å². The molecule has 1 aliphatic heterocycles. The number of carbonyl (C=O) groups excluding carboxylic acids is 2. The molecule has 0 unspecified atom stereocenters. The summed E-state index contributed by atoms with van der Waals surface area (Å²) in [7, 11) is 0. The summed E-state index contributed by atoms with van der Waals surface area (Å²) < 4.78 is 9.87. The van der Waals surface area contributed by atoms with Crippen molar-refractivity contribution in [1.82, 2.24) is 9.80 Å². The molecule has 0 bridgehead atoms. The molecule has 0 spiro atoms. The summed E-state index contributed by atoms with van der Waals surface area (Å²) in [5.41, 5.74) is -0.0662. The maximum absolute atomic E-state index is 12.1. The first-order valence-electron chi connectivity index (χ1n) is 6.55. The van der Waals surface area contributed by atoms with Crippen molar-refractivity contribution in [2.45, 2.75) is 6.92 Å². The van der Waals surface area contributed by atoms with Crippen LogP contribution in [0.5, 0.6) is 0 Å². The van der Waals surface area contributed by atoms with E-state index in [1.165, 1.54) is 15.9 Å². The van der Waals surface area contributed by atoms with Gasteiger partial charge in [-0.2, -0.15) is 0 Å². The number of piperazine rings is 1. The van der Waals surface area contributed by atoms with Crippen LogP contribution in [0.4, 0.5) is 4.79 Å². The Bertz CT molecular complexity index is 545. The van der Waals surface area contributed by atoms with Gasteiger partial charge in [-0.1, -0.05) is 0 Å². The molecule has 1 aliphatic rings. The second kappa shape index (κ2) is 6.29. The van der Waals surface area contributed by atoms with Crippen LogP contribution in [0.25, 0.3) is 0 Å². The molecule has 0 saturated carbocycles. The van der Waals surface area contributed by atoms with Crippen LogP contribution in [0.1, 0.15) is 27.8 Å². The molecule has 2 amide bonds. The molecule has 1 N–H and O–H groups in total. The van der Waals surface area contributed by atoms with Crippen molar-refractivity contribution in [2.24, 2.45) is 0 Å². The van der Waals surface area contributed by atoms with Gasteiger partial charge < -0.3 is 24.1 Å². The van der Waals surface area contributed by atoms with Gasteiger partial charge in [-0.25, -0.2) is 9.59 Å². The van der Waals surface area contributed by atoms with Gasteiger partial charge >= 0.3 is 12.1 Å². The molecule has 8 heteroatoms. The summed E-state index contributed by atoms with van der Waals surface area (Å²) in [6.45, 7) is 3.48. The first-order valence-corrected chi connectivity index (χ1v) is 6.55. The Labute approximate surface area is 120 Å². The monoisotopic (exact) mass is 296 g/mol. The van der Waals surface area contributed by atoms with Crippen LogP contribution in [0.15, 0.2) is 16.7 Å². The third-order valence-electron chi connectivity index (χ3n) is 3.15. The van der Waals surface area contributed by atoms with Gasteiger partial charge in [0, 0.05) is 32.2 Å². The van der Waals surface area contributed by atoms with Gasteiger partial charge in [0.1, 0.15) is 6.26 Å². The minimum Gasteiger partial charge on any atom is -0.478 e. The number of rotatable bonds is 3. The highest BCUT2D eigenvalue weighted by Gasteiger charge is 2.27. The summed E-state index contributed by atoms with van der Waals surface area (Å²) >= 11 is 0. The van der Waals surface area contributed by atoms with Gasteiger partial charge in [0.05, 0.1) is 12.2 Å². The largest absolute Gasteiger partial charge is 0.478 e. The number of carbonyl (C=O) groups is 3. The van der Waals surface area contributed by atoms with E-state index in [4.69, 9.17) is 14.3 Å². The first-order chi connectivity index (χ1) is 10.0. The molecule has 1 saturated heterocycles. The van der Waals surface area contributed by atoms with E-state index in [0.29, 0.717) is 32.8 Å². The summed E-state index contributed by atoms with van der Waals surface area (Å²) in [6.07, 6.45) is 0.639. The molecular formula is C13H16N2O6. The lowest BCUT2D eigenvalue weighted by Crippen LogP contribution is -2.50. The van der Waals surface area contributed by atoms with E-state index in [1.54, 1.807) is 6.92 Å². The van der Waals surface area contributed by atoms with Crippen molar-refractivity contribution in [3.63, 3.8) is 0 Å². The average Bonchev–Trinajstić information content (AvgIpc) is 2.97. The molecule has 0 atom stereocenters. The molecule has 8 nitrogen and oxygen atoms in total. The summed E-state index contributed by atoms with van der Waals surface area (Å²) in [6, 6.07) is 1.20. The lowest BCUT2D eigenvalue weighted by atomic mass is 10.2. The van der Waals surface area contributed by atoms with E-state index >= 15 is 0 Å². The summed E-state index contributed by atoms with van der Waals surface area (Å²) in [5, 5.41) is 8.79. The quantitative estimate of drug-likeness (QED) is 0.889. The minimum absolute atomic E-state index is 0.0167. The normalized spacial score (nSPS) is 14.9. The van der Waals surface area contributed by atoms with Gasteiger partial charge in [-0.05, 0) is 6.92 Å². The third kappa shape index (κ3) is 3.33. The van der Waals surface area contributed by atoms with Crippen LogP contribution < -0.4 is 0 Å². The zero-order valence-electron chi connectivity index (χ0n) is 11.6. The Kier molecular flexibility index (Phi) is 4.46. The van der Waals surface area contributed by atoms with E-state index in [0.717, 1.165) is 6.26 Å².